The zero-order valence-corrected chi connectivity index (χ0v) is 15.8. The molecule has 0 radical (unpaired) electrons. The largest absolute Gasteiger partial charge is 0.493 e. The van der Waals surface area contributed by atoms with Crippen molar-refractivity contribution in [3.63, 3.8) is 0 Å². The number of benzene rings is 1. The number of aromatic nitrogens is 2. The Labute approximate surface area is 162 Å². The average molecular weight is 384 g/mol. The summed E-state index contributed by atoms with van der Waals surface area (Å²) in [4.78, 5) is 22.6. The van der Waals surface area contributed by atoms with Crippen molar-refractivity contribution in [3.05, 3.63) is 35.8 Å². The third kappa shape index (κ3) is 3.76. The van der Waals surface area contributed by atoms with Crippen molar-refractivity contribution in [2.75, 3.05) is 34.4 Å². The number of rotatable bonds is 6. The van der Waals surface area contributed by atoms with E-state index in [1.165, 1.54) is 33.7 Å². The SMILES string of the molecule is COc1cc(C(=O)N2CCC(Oc3nccnc3C#N)C2)cc(OC)c1OC. The van der Waals surface area contributed by atoms with Crippen LogP contribution in [0.15, 0.2) is 24.5 Å². The summed E-state index contributed by atoms with van der Waals surface area (Å²) < 4.78 is 21.7. The van der Waals surface area contributed by atoms with E-state index >= 15 is 0 Å². The molecule has 28 heavy (non-hydrogen) atoms. The molecule has 3 rings (SSSR count). The molecule has 1 amide bonds. The summed E-state index contributed by atoms with van der Waals surface area (Å²) in [5.41, 5.74) is 0.546. The minimum absolute atomic E-state index is 0.122. The van der Waals surface area contributed by atoms with E-state index in [9.17, 15) is 4.79 Å². The van der Waals surface area contributed by atoms with Gasteiger partial charge in [0.1, 0.15) is 12.2 Å². The first-order chi connectivity index (χ1) is 13.6. The van der Waals surface area contributed by atoms with Crippen molar-refractivity contribution in [3.8, 4) is 29.2 Å². The summed E-state index contributed by atoms with van der Waals surface area (Å²) in [6, 6.07) is 5.19. The van der Waals surface area contributed by atoms with E-state index in [4.69, 9.17) is 24.2 Å². The fraction of sp³-hybridized carbons (Fsp3) is 0.368. The van der Waals surface area contributed by atoms with E-state index in [1.807, 2.05) is 6.07 Å². The Kier molecular flexibility index (Phi) is 5.79. The van der Waals surface area contributed by atoms with Crippen LogP contribution in [0.5, 0.6) is 23.1 Å². The number of nitrogens with zero attached hydrogens (tertiary/aromatic N) is 4. The highest BCUT2D eigenvalue weighted by Crippen LogP contribution is 2.38. The highest BCUT2D eigenvalue weighted by molar-refractivity contribution is 5.95. The normalized spacial score (nSPS) is 15.6. The number of hydrogen-bond donors (Lipinski definition) is 0. The number of ether oxygens (including phenoxy) is 4. The summed E-state index contributed by atoms with van der Waals surface area (Å²) in [6.45, 7) is 0.888. The van der Waals surface area contributed by atoms with Gasteiger partial charge < -0.3 is 23.8 Å². The zero-order valence-electron chi connectivity index (χ0n) is 15.8. The van der Waals surface area contributed by atoms with Crippen LogP contribution >= 0.6 is 0 Å². The van der Waals surface area contributed by atoms with Gasteiger partial charge in [-0.05, 0) is 12.1 Å². The lowest BCUT2D eigenvalue weighted by molar-refractivity contribution is 0.0770. The maximum absolute atomic E-state index is 12.9. The molecule has 146 valence electrons. The molecule has 1 aliphatic heterocycles. The molecule has 1 saturated heterocycles. The molecule has 2 heterocycles. The third-order valence-electron chi connectivity index (χ3n) is 4.39. The van der Waals surface area contributed by atoms with Gasteiger partial charge in [0.15, 0.2) is 11.5 Å². The van der Waals surface area contributed by atoms with E-state index < -0.39 is 0 Å². The molecular weight excluding hydrogens is 364 g/mol. The van der Waals surface area contributed by atoms with Crippen molar-refractivity contribution < 1.29 is 23.7 Å². The van der Waals surface area contributed by atoms with Crippen molar-refractivity contribution in [2.24, 2.45) is 0 Å². The Bertz CT molecular complexity index is 886. The molecule has 1 aromatic heterocycles. The number of likely N-dealkylation sites (tertiary alicyclic amines) is 1. The van der Waals surface area contributed by atoms with Crippen LogP contribution in [0.1, 0.15) is 22.5 Å². The first-order valence-electron chi connectivity index (χ1n) is 8.58. The third-order valence-corrected chi connectivity index (χ3v) is 4.39. The van der Waals surface area contributed by atoms with Gasteiger partial charge in [0.05, 0.1) is 27.9 Å². The molecule has 1 atom stereocenters. The molecule has 1 aliphatic rings. The summed E-state index contributed by atoms with van der Waals surface area (Å²) in [7, 11) is 4.50. The van der Waals surface area contributed by atoms with Gasteiger partial charge >= 0.3 is 0 Å². The van der Waals surface area contributed by atoms with Gasteiger partial charge in [-0.1, -0.05) is 0 Å². The molecule has 9 heteroatoms. The van der Waals surface area contributed by atoms with E-state index in [0.717, 1.165) is 0 Å². The van der Waals surface area contributed by atoms with Gasteiger partial charge in [-0.15, -0.1) is 0 Å². The fourth-order valence-corrected chi connectivity index (χ4v) is 3.04. The van der Waals surface area contributed by atoms with E-state index in [0.29, 0.717) is 42.3 Å². The lowest BCUT2D eigenvalue weighted by Gasteiger charge is -2.19. The van der Waals surface area contributed by atoms with Crippen LogP contribution in [-0.4, -0.2) is 61.3 Å². The first kappa shape index (κ1) is 19.2. The number of nitriles is 1. The van der Waals surface area contributed by atoms with Gasteiger partial charge in [0.25, 0.3) is 11.8 Å². The van der Waals surface area contributed by atoms with Crippen molar-refractivity contribution in [2.45, 2.75) is 12.5 Å². The van der Waals surface area contributed by atoms with Gasteiger partial charge in [0.2, 0.25) is 11.4 Å². The Morgan fingerprint density at radius 2 is 1.82 bits per heavy atom. The predicted octanol–water partition coefficient (Wildman–Crippen LogP) is 1.67. The Hall–Kier alpha value is -3.54. The number of amides is 1. The summed E-state index contributed by atoms with van der Waals surface area (Å²) in [6.07, 6.45) is 3.25. The molecule has 9 nitrogen and oxygen atoms in total. The smallest absolute Gasteiger partial charge is 0.254 e. The molecule has 0 saturated carbocycles. The molecule has 2 aromatic rings. The van der Waals surface area contributed by atoms with Crippen LogP contribution in [0.3, 0.4) is 0 Å². The second-order valence-electron chi connectivity index (χ2n) is 6.02. The maximum Gasteiger partial charge on any atom is 0.254 e. The van der Waals surface area contributed by atoms with Crippen LogP contribution in [0, 0.1) is 11.3 Å². The Balaban J connectivity index is 1.75. The minimum Gasteiger partial charge on any atom is -0.493 e. The molecule has 1 unspecified atom stereocenters. The highest BCUT2D eigenvalue weighted by Gasteiger charge is 2.30. The van der Waals surface area contributed by atoms with Crippen molar-refractivity contribution in [1.29, 1.82) is 5.26 Å². The molecule has 0 aliphatic carbocycles. The lowest BCUT2D eigenvalue weighted by atomic mass is 10.1. The minimum atomic E-state index is -0.269. The van der Waals surface area contributed by atoms with Gasteiger partial charge in [0, 0.05) is 30.9 Å². The summed E-state index contributed by atoms with van der Waals surface area (Å²) in [5, 5.41) is 9.09. The Morgan fingerprint density at radius 1 is 1.14 bits per heavy atom. The lowest BCUT2D eigenvalue weighted by Crippen LogP contribution is -2.31. The second kappa shape index (κ2) is 8.43. The predicted molar refractivity (Wildman–Crippen MR) is 97.8 cm³/mol. The van der Waals surface area contributed by atoms with Crippen LogP contribution in [0.2, 0.25) is 0 Å². The summed E-state index contributed by atoms with van der Waals surface area (Å²) >= 11 is 0. The molecule has 0 N–H and O–H groups in total. The van der Waals surface area contributed by atoms with E-state index in [-0.39, 0.29) is 23.6 Å². The standard InChI is InChI=1S/C19H20N4O5/c1-25-15-8-12(9-16(26-2)17(15)27-3)19(24)23-7-4-13(11-23)28-18-14(10-20)21-5-6-22-18/h5-6,8-9,13H,4,7,11H2,1-3H3. The second-order valence-corrected chi connectivity index (χ2v) is 6.02. The number of hydrogen-bond acceptors (Lipinski definition) is 8. The Morgan fingerprint density at radius 3 is 2.43 bits per heavy atom. The molecular formula is C19H20N4O5. The number of methoxy groups -OCH3 is 3. The number of carbonyl (C=O) groups is 1. The first-order valence-corrected chi connectivity index (χ1v) is 8.58. The van der Waals surface area contributed by atoms with Crippen LogP contribution in [0.25, 0.3) is 0 Å². The van der Waals surface area contributed by atoms with Gasteiger partial charge in [-0.25, -0.2) is 9.97 Å². The fourth-order valence-electron chi connectivity index (χ4n) is 3.04. The van der Waals surface area contributed by atoms with Crippen LogP contribution in [-0.2, 0) is 0 Å². The highest BCUT2D eigenvalue weighted by atomic mass is 16.5. The average Bonchev–Trinajstić information content (AvgIpc) is 3.20. The van der Waals surface area contributed by atoms with E-state index in [1.54, 1.807) is 17.0 Å². The van der Waals surface area contributed by atoms with Crippen molar-refractivity contribution >= 4 is 5.91 Å². The van der Waals surface area contributed by atoms with E-state index in [2.05, 4.69) is 9.97 Å². The maximum atomic E-state index is 12.9. The van der Waals surface area contributed by atoms with Crippen LogP contribution in [0.4, 0.5) is 0 Å². The van der Waals surface area contributed by atoms with Crippen molar-refractivity contribution in [1.82, 2.24) is 14.9 Å². The quantitative estimate of drug-likeness (QED) is 0.740. The molecule has 1 aromatic carbocycles. The summed E-state index contributed by atoms with van der Waals surface area (Å²) in [5.74, 6) is 1.25. The molecule has 0 bridgehead atoms. The zero-order chi connectivity index (χ0) is 20.1. The van der Waals surface area contributed by atoms with Gasteiger partial charge in [-0.2, -0.15) is 5.26 Å². The van der Waals surface area contributed by atoms with Gasteiger partial charge in [-0.3, -0.25) is 4.79 Å². The topological polar surface area (TPSA) is 107 Å². The molecule has 0 spiro atoms. The number of carbonyl (C=O) groups excluding carboxylic acids is 1. The molecule has 1 fully saturated rings. The van der Waals surface area contributed by atoms with Crippen LogP contribution < -0.4 is 18.9 Å². The monoisotopic (exact) mass is 384 g/mol.